The Morgan fingerprint density at radius 1 is 1.15 bits per heavy atom. The van der Waals surface area contributed by atoms with Gasteiger partial charge in [-0.1, -0.05) is 48.2 Å². The van der Waals surface area contributed by atoms with Gasteiger partial charge in [-0.15, -0.1) is 0 Å². The number of para-hydroxylation sites is 1. The number of ether oxygens (including phenoxy) is 2. The number of carbonyl (C=O) groups is 1. The molecule has 166 valence electrons. The quantitative estimate of drug-likeness (QED) is 0.187. The molecule has 8 nitrogen and oxygen atoms in total. The van der Waals surface area contributed by atoms with Crippen molar-refractivity contribution in [2.45, 2.75) is 6.92 Å². The molecule has 0 atom stereocenters. The zero-order valence-corrected chi connectivity index (χ0v) is 19.0. The Labute approximate surface area is 199 Å². The molecule has 0 spiro atoms. The third-order valence-electron chi connectivity index (χ3n) is 4.52. The first-order valence-corrected chi connectivity index (χ1v) is 11.1. The molecule has 1 aliphatic heterocycles. The van der Waals surface area contributed by atoms with E-state index in [0.29, 0.717) is 27.3 Å². The van der Waals surface area contributed by atoms with Crippen LogP contribution in [0.5, 0.6) is 17.4 Å². The molecule has 10 heteroatoms. The molecule has 0 radical (unpaired) electrons. The average Bonchev–Trinajstić information content (AvgIpc) is 3.09. The van der Waals surface area contributed by atoms with E-state index in [1.807, 2.05) is 37.3 Å². The predicted octanol–water partition coefficient (Wildman–Crippen LogP) is 5.59. The molecular weight excluding hydrogens is 462 g/mol. The minimum Gasteiger partial charge on any atom is -0.490 e. The lowest BCUT2D eigenvalue weighted by molar-refractivity contribution is -0.385. The topological polar surface area (TPSA) is 94.8 Å². The summed E-state index contributed by atoms with van der Waals surface area (Å²) in [6.45, 7) is 2.23. The van der Waals surface area contributed by atoms with Crippen LogP contribution in [0.4, 0.5) is 11.4 Å². The Bertz CT molecular complexity index is 1250. The highest BCUT2D eigenvalue weighted by Gasteiger charge is 2.33. The number of pyridine rings is 1. The first-order valence-electron chi connectivity index (χ1n) is 9.84. The first-order chi connectivity index (χ1) is 16.0. The van der Waals surface area contributed by atoms with Gasteiger partial charge in [0, 0.05) is 12.1 Å². The third kappa shape index (κ3) is 5.02. The molecule has 1 amide bonds. The Hall–Kier alpha value is -3.76. The van der Waals surface area contributed by atoms with Crippen LogP contribution in [0.15, 0.2) is 71.8 Å². The van der Waals surface area contributed by atoms with Crippen molar-refractivity contribution in [1.82, 2.24) is 4.98 Å². The van der Waals surface area contributed by atoms with Crippen molar-refractivity contribution >= 4 is 51.7 Å². The maximum atomic E-state index is 13.0. The number of amides is 1. The highest BCUT2D eigenvalue weighted by molar-refractivity contribution is 8.27. The molecule has 2 aromatic carbocycles. The van der Waals surface area contributed by atoms with Crippen molar-refractivity contribution in [3.05, 3.63) is 87.4 Å². The van der Waals surface area contributed by atoms with Crippen LogP contribution in [0.25, 0.3) is 6.08 Å². The minimum atomic E-state index is -0.530. The standard InChI is InChI=1S/C23H17N3O5S2/c1-2-30-19-12-15(8-10-18(19)31-21-11-9-17(14-24-21)26(28)29)13-20-22(27)25(23(32)33-20)16-6-4-3-5-7-16/h3-14H,2H2,1H3/b20-13-. The van der Waals surface area contributed by atoms with Gasteiger partial charge in [0.05, 0.1) is 22.1 Å². The van der Waals surface area contributed by atoms with Crippen molar-refractivity contribution < 1.29 is 19.2 Å². The van der Waals surface area contributed by atoms with Crippen LogP contribution in [-0.2, 0) is 4.79 Å². The van der Waals surface area contributed by atoms with Gasteiger partial charge in [0.2, 0.25) is 5.88 Å². The van der Waals surface area contributed by atoms with Crippen LogP contribution < -0.4 is 14.4 Å². The number of rotatable bonds is 7. The van der Waals surface area contributed by atoms with Gasteiger partial charge in [0.1, 0.15) is 6.20 Å². The summed E-state index contributed by atoms with van der Waals surface area (Å²) in [6.07, 6.45) is 2.87. The van der Waals surface area contributed by atoms with E-state index in [9.17, 15) is 14.9 Å². The largest absolute Gasteiger partial charge is 0.490 e. The van der Waals surface area contributed by atoms with E-state index in [-0.39, 0.29) is 17.5 Å². The molecule has 0 aliphatic carbocycles. The maximum absolute atomic E-state index is 13.0. The summed E-state index contributed by atoms with van der Waals surface area (Å²) in [7, 11) is 0. The second-order valence-corrected chi connectivity index (χ2v) is 8.38. The van der Waals surface area contributed by atoms with E-state index < -0.39 is 4.92 Å². The van der Waals surface area contributed by atoms with Crippen molar-refractivity contribution in [2.24, 2.45) is 0 Å². The minimum absolute atomic E-state index is 0.129. The number of thioether (sulfide) groups is 1. The fourth-order valence-electron chi connectivity index (χ4n) is 3.04. The Morgan fingerprint density at radius 2 is 1.94 bits per heavy atom. The Balaban J connectivity index is 1.58. The smallest absolute Gasteiger partial charge is 0.287 e. The molecule has 0 N–H and O–H groups in total. The van der Waals surface area contributed by atoms with E-state index in [2.05, 4.69) is 4.98 Å². The fraction of sp³-hybridized carbons (Fsp3) is 0.0870. The van der Waals surface area contributed by atoms with E-state index in [1.54, 1.807) is 24.3 Å². The number of nitrogens with zero attached hydrogens (tertiary/aromatic N) is 3. The predicted molar refractivity (Wildman–Crippen MR) is 131 cm³/mol. The molecule has 0 unspecified atom stereocenters. The lowest BCUT2D eigenvalue weighted by atomic mass is 10.1. The summed E-state index contributed by atoms with van der Waals surface area (Å²) in [4.78, 5) is 29.2. The monoisotopic (exact) mass is 479 g/mol. The third-order valence-corrected chi connectivity index (χ3v) is 5.82. The van der Waals surface area contributed by atoms with Crippen LogP contribution in [0, 0.1) is 10.1 Å². The summed E-state index contributed by atoms with van der Waals surface area (Å²) >= 11 is 6.65. The number of nitro groups is 1. The molecule has 1 aromatic heterocycles. The summed E-state index contributed by atoms with van der Waals surface area (Å²) < 4.78 is 11.9. The van der Waals surface area contributed by atoms with Crippen LogP contribution in [-0.4, -0.2) is 26.7 Å². The van der Waals surface area contributed by atoms with Crippen molar-refractivity contribution in [3.8, 4) is 17.4 Å². The molecule has 1 fully saturated rings. The number of benzene rings is 2. The molecular formula is C23H17N3O5S2. The van der Waals surface area contributed by atoms with Gasteiger partial charge in [0.25, 0.3) is 11.6 Å². The molecule has 1 saturated heterocycles. The van der Waals surface area contributed by atoms with Crippen LogP contribution in [0.1, 0.15) is 12.5 Å². The Kier molecular flexibility index (Phi) is 6.66. The second kappa shape index (κ2) is 9.80. The van der Waals surface area contributed by atoms with Crippen molar-refractivity contribution in [1.29, 1.82) is 0 Å². The van der Waals surface area contributed by atoms with Gasteiger partial charge in [-0.2, -0.15) is 0 Å². The van der Waals surface area contributed by atoms with E-state index in [1.165, 1.54) is 28.8 Å². The maximum Gasteiger partial charge on any atom is 0.287 e. The molecule has 2 heterocycles. The fourth-order valence-corrected chi connectivity index (χ4v) is 4.34. The second-order valence-electron chi connectivity index (χ2n) is 6.71. The highest BCUT2D eigenvalue weighted by Crippen LogP contribution is 2.38. The summed E-state index contributed by atoms with van der Waals surface area (Å²) in [5.74, 6) is 0.847. The summed E-state index contributed by atoms with van der Waals surface area (Å²) in [5.41, 5.74) is 1.32. The van der Waals surface area contributed by atoms with Gasteiger partial charge >= 0.3 is 0 Å². The number of hydrogen-bond acceptors (Lipinski definition) is 8. The highest BCUT2D eigenvalue weighted by atomic mass is 32.2. The van der Waals surface area contributed by atoms with Gasteiger partial charge < -0.3 is 9.47 Å². The molecule has 0 saturated carbocycles. The van der Waals surface area contributed by atoms with E-state index in [4.69, 9.17) is 21.7 Å². The number of anilines is 1. The van der Waals surface area contributed by atoms with E-state index >= 15 is 0 Å². The van der Waals surface area contributed by atoms with Gasteiger partial charge in [-0.3, -0.25) is 19.8 Å². The number of hydrogen-bond donors (Lipinski definition) is 0. The van der Waals surface area contributed by atoms with Crippen LogP contribution >= 0.6 is 24.0 Å². The van der Waals surface area contributed by atoms with Crippen molar-refractivity contribution in [2.75, 3.05) is 11.5 Å². The molecule has 1 aliphatic rings. The molecule has 33 heavy (non-hydrogen) atoms. The number of carbonyl (C=O) groups excluding carboxylic acids is 1. The van der Waals surface area contributed by atoms with Gasteiger partial charge in [-0.05, 0) is 42.8 Å². The summed E-state index contributed by atoms with van der Waals surface area (Å²) in [6, 6.07) is 17.2. The lowest BCUT2D eigenvalue weighted by Gasteiger charge is -2.14. The van der Waals surface area contributed by atoms with E-state index in [0.717, 1.165) is 17.4 Å². The normalized spacial score (nSPS) is 14.6. The molecule has 4 rings (SSSR count). The summed E-state index contributed by atoms with van der Waals surface area (Å²) in [5, 5.41) is 10.8. The lowest BCUT2D eigenvalue weighted by Crippen LogP contribution is -2.27. The number of aromatic nitrogens is 1. The van der Waals surface area contributed by atoms with Crippen LogP contribution in [0.3, 0.4) is 0 Å². The van der Waals surface area contributed by atoms with Crippen LogP contribution in [0.2, 0.25) is 0 Å². The zero-order chi connectivity index (χ0) is 23.4. The average molecular weight is 480 g/mol. The SMILES string of the molecule is CCOc1cc(/C=C2\SC(=S)N(c3ccccc3)C2=O)ccc1Oc1ccc([N+](=O)[O-])cn1. The number of thiocarbonyl (C=S) groups is 1. The first kappa shape index (κ1) is 22.4. The van der Waals surface area contributed by atoms with Crippen molar-refractivity contribution in [3.63, 3.8) is 0 Å². The van der Waals surface area contributed by atoms with Gasteiger partial charge in [0.15, 0.2) is 15.8 Å². The molecule has 0 bridgehead atoms. The zero-order valence-electron chi connectivity index (χ0n) is 17.3. The Morgan fingerprint density at radius 3 is 2.61 bits per heavy atom. The molecule has 3 aromatic rings. The van der Waals surface area contributed by atoms with Gasteiger partial charge in [-0.25, -0.2) is 4.98 Å².